The molecule has 1 N–H and O–H groups in total. The zero-order valence-electron chi connectivity index (χ0n) is 10.1. The van der Waals surface area contributed by atoms with Crippen molar-refractivity contribution in [1.29, 1.82) is 0 Å². The molecule has 0 saturated heterocycles. The second-order valence-corrected chi connectivity index (χ2v) is 4.16. The largest absolute Gasteiger partial charge is 0.383 e. The quantitative estimate of drug-likeness (QED) is 0.801. The summed E-state index contributed by atoms with van der Waals surface area (Å²) in [6.07, 6.45) is 0. The fourth-order valence-electron chi connectivity index (χ4n) is 1.76. The van der Waals surface area contributed by atoms with Crippen LogP contribution in [0.25, 0.3) is 0 Å². The lowest BCUT2D eigenvalue weighted by atomic mass is 10.1. The van der Waals surface area contributed by atoms with Gasteiger partial charge in [-0.3, -0.25) is 0 Å². The first-order valence-electron chi connectivity index (χ1n) is 5.45. The Kier molecular flexibility index (Phi) is 4.79. The first-order valence-corrected chi connectivity index (χ1v) is 5.45. The van der Waals surface area contributed by atoms with Crippen LogP contribution in [0.15, 0.2) is 24.3 Å². The van der Waals surface area contributed by atoms with Gasteiger partial charge >= 0.3 is 0 Å². The number of methoxy groups -OCH3 is 1. The van der Waals surface area contributed by atoms with Gasteiger partial charge in [0.05, 0.1) is 6.61 Å². The summed E-state index contributed by atoms with van der Waals surface area (Å²) >= 11 is 0. The maximum atomic E-state index is 5.10. The maximum Gasteiger partial charge on any atom is 0.0613 e. The fourth-order valence-corrected chi connectivity index (χ4v) is 1.76. The van der Waals surface area contributed by atoms with E-state index < -0.39 is 0 Å². The Morgan fingerprint density at radius 2 is 2.07 bits per heavy atom. The van der Waals surface area contributed by atoms with Crippen molar-refractivity contribution < 1.29 is 4.74 Å². The maximum absolute atomic E-state index is 5.10. The third-order valence-corrected chi connectivity index (χ3v) is 2.49. The van der Waals surface area contributed by atoms with Crippen molar-refractivity contribution in [3.63, 3.8) is 0 Å². The average Bonchev–Trinajstić information content (AvgIpc) is 2.18. The summed E-state index contributed by atoms with van der Waals surface area (Å²) in [5.74, 6) is 0. The molecule has 0 aromatic heterocycles. The van der Waals surface area contributed by atoms with Crippen LogP contribution in [0.2, 0.25) is 0 Å². The number of benzene rings is 1. The Labute approximate surface area is 92.6 Å². The SMILES string of the molecule is COCC(C)NC(C)c1cccc(C)c1. The van der Waals surface area contributed by atoms with Gasteiger partial charge < -0.3 is 10.1 Å². The molecule has 0 bridgehead atoms. The second kappa shape index (κ2) is 5.89. The van der Waals surface area contributed by atoms with Crippen molar-refractivity contribution in [2.24, 2.45) is 0 Å². The molecule has 0 spiro atoms. The zero-order chi connectivity index (χ0) is 11.3. The predicted octanol–water partition coefficient (Wildman–Crippen LogP) is 2.68. The van der Waals surface area contributed by atoms with Gasteiger partial charge in [-0.1, -0.05) is 29.8 Å². The van der Waals surface area contributed by atoms with E-state index in [1.807, 2.05) is 0 Å². The van der Waals surface area contributed by atoms with Crippen LogP contribution in [-0.4, -0.2) is 19.8 Å². The Morgan fingerprint density at radius 1 is 1.33 bits per heavy atom. The molecule has 2 heteroatoms. The zero-order valence-corrected chi connectivity index (χ0v) is 10.1. The smallest absolute Gasteiger partial charge is 0.0613 e. The number of hydrogen-bond acceptors (Lipinski definition) is 2. The average molecular weight is 207 g/mol. The van der Waals surface area contributed by atoms with Crippen molar-refractivity contribution in [3.8, 4) is 0 Å². The standard InChI is InChI=1S/C13H21NO/c1-10-6-5-7-13(8-10)12(3)14-11(2)9-15-4/h5-8,11-12,14H,9H2,1-4H3. The molecule has 0 amide bonds. The second-order valence-electron chi connectivity index (χ2n) is 4.16. The van der Waals surface area contributed by atoms with Crippen LogP contribution in [-0.2, 0) is 4.74 Å². The molecule has 2 unspecified atom stereocenters. The van der Waals surface area contributed by atoms with Gasteiger partial charge in [-0.25, -0.2) is 0 Å². The summed E-state index contributed by atoms with van der Waals surface area (Å²) < 4.78 is 5.10. The van der Waals surface area contributed by atoms with Crippen molar-refractivity contribution >= 4 is 0 Å². The lowest BCUT2D eigenvalue weighted by Gasteiger charge is -2.20. The van der Waals surface area contributed by atoms with E-state index in [9.17, 15) is 0 Å². The van der Waals surface area contributed by atoms with Crippen molar-refractivity contribution in [2.45, 2.75) is 32.9 Å². The highest BCUT2D eigenvalue weighted by Gasteiger charge is 2.08. The van der Waals surface area contributed by atoms with Crippen LogP contribution >= 0.6 is 0 Å². The van der Waals surface area contributed by atoms with E-state index in [2.05, 4.69) is 50.4 Å². The van der Waals surface area contributed by atoms with E-state index in [0.717, 1.165) is 6.61 Å². The predicted molar refractivity (Wildman–Crippen MR) is 64.1 cm³/mol. The third kappa shape index (κ3) is 4.02. The summed E-state index contributed by atoms with van der Waals surface area (Å²) in [6.45, 7) is 7.18. The molecule has 0 fully saturated rings. The van der Waals surface area contributed by atoms with Crippen molar-refractivity contribution in [1.82, 2.24) is 5.32 Å². The number of rotatable bonds is 5. The third-order valence-electron chi connectivity index (χ3n) is 2.49. The molecule has 0 heterocycles. The molecular formula is C13H21NO. The van der Waals surface area contributed by atoms with Crippen LogP contribution in [0, 0.1) is 6.92 Å². The van der Waals surface area contributed by atoms with Crippen LogP contribution in [0.1, 0.15) is 31.0 Å². The number of aryl methyl sites for hydroxylation is 1. The van der Waals surface area contributed by atoms with Gasteiger partial charge in [0.15, 0.2) is 0 Å². The summed E-state index contributed by atoms with van der Waals surface area (Å²) in [6, 6.07) is 9.35. The Balaban J connectivity index is 2.56. The molecule has 0 aliphatic heterocycles. The number of hydrogen-bond donors (Lipinski definition) is 1. The topological polar surface area (TPSA) is 21.3 Å². The molecule has 1 aromatic rings. The van der Waals surface area contributed by atoms with Gasteiger partial charge in [0.1, 0.15) is 0 Å². The summed E-state index contributed by atoms with van der Waals surface area (Å²) in [5, 5.41) is 3.50. The summed E-state index contributed by atoms with van der Waals surface area (Å²) in [4.78, 5) is 0. The number of nitrogens with one attached hydrogen (secondary N) is 1. The highest BCUT2D eigenvalue weighted by Crippen LogP contribution is 2.14. The van der Waals surface area contributed by atoms with Crippen LogP contribution in [0.5, 0.6) is 0 Å². The molecule has 1 aromatic carbocycles. The Morgan fingerprint density at radius 3 is 2.67 bits per heavy atom. The molecule has 84 valence electrons. The lowest BCUT2D eigenvalue weighted by Crippen LogP contribution is -2.32. The van der Waals surface area contributed by atoms with Gasteiger partial charge in [0.25, 0.3) is 0 Å². The van der Waals surface area contributed by atoms with Crippen LogP contribution in [0.4, 0.5) is 0 Å². The number of ether oxygens (including phenoxy) is 1. The van der Waals surface area contributed by atoms with Gasteiger partial charge in [-0.05, 0) is 26.3 Å². The summed E-state index contributed by atoms with van der Waals surface area (Å²) in [7, 11) is 1.73. The highest BCUT2D eigenvalue weighted by molar-refractivity contribution is 5.24. The minimum atomic E-state index is 0.370. The van der Waals surface area contributed by atoms with Gasteiger partial charge in [-0.15, -0.1) is 0 Å². The van der Waals surface area contributed by atoms with E-state index in [4.69, 9.17) is 4.74 Å². The normalized spacial score (nSPS) is 14.9. The van der Waals surface area contributed by atoms with E-state index in [1.165, 1.54) is 11.1 Å². The molecule has 2 atom stereocenters. The molecule has 2 nitrogen and oxygen atoms in total. The molecule has 1 rings (SSSR count). The molecule has 0 aliphatic rings. The molecule has 15 heavy (non-hydrogen) atoms. The van der Waals surface area contributed by atoms with E-state index in [0.29, 0.717) is 12.1 Å². The first kappa shape index (κ1) is 12.2. The lowest BCUT2D eigenvalue weighted by molar-refractivity contribution is 0.167. The Bertz CT molecular complexity index is 298. The van der Waals surface area contributed by atoms with Crippen molar-refractivity contribution in [3.05, 3.63) is 35.4 Å². The van der Waals surface area contributed by atoms with E-state index in [-0.39, 0.29) is 0 Å². The van der Waals surface area contributed by atoms with Gasteiger partial charge in [0.2, 0.25) is 0 Å². The van der Waals surface area contributed by atoms with Gasteiger partial charge in [-0.2, -0.15) is 0 Å². The molecule has 0 aliphatic carbocycles. The monoisotopic (exact) mass is 207 g/mol. The van der Waals surface area contributed by atoms with E-state index >= 15 is 0 Å². The van der Waals surface area contributed by atoms with Crippen LogP contribution in [0.3, 0.4) is 0 Å². The molecule has 0 radical (unpaired) electrons. The minimum absolute atomic E-state index is 0.370. The summed E-state index contributed by atoms with van der Waals surface area (Å²) in [5.41, 5.74) is 2.64. The molecule has 0 saturated carbocycles. The van der Waals surface area contributed by atoms with Crippen LogP contribution < -0.4 is 5.32 Å². The van der Waals surface area contributed by atoms with Crippen molar-refractivity contribution in [2.75, 3.05) is 13.7 Å². The minimum Gasteiger partial charge on any atom is -0.383 e. The van der Waals surface area contributed by atoms with E-state index in [1.54, 1.807) is 7.11 Å². The van der Waals surface area contributed by atoms with Gasteiger partial charge in [0, 0.05) is 19.2 Å². The molecular weight excluding hydrogens is 186 g/mol. The first-order chi connectivity index (χ1) is 7.13. The highest BCUT2D eigenvalue weighted by atomic mass is 16.5. The fraction of sp³-hybridized carbons (Fsp3) is 0.538. The Hall–Kier alpha value is -0.860.